The zero-order valence-corrected chi connectivity index (χ0v) is 18.1. The van der Waals surface area contributed by atoms with E-state index in [0.717, 1.165) is 7.11 Å². The molecule has 164 valence electrons. The highest BCUT2D eigenvalue weighted by Gasteiger charge is 2.36. The summed E-state index contributed by atoms with van der Waals surface area (Å²) in [6.45, 7) is 0. The first kappa shape index (κ1) is 22.4. The van der Waals surface area contributed by atoms with Gasteiger partial charge in [-0.15, -0.1) is 0 Å². The monoisotopic (exact) mass is 466 g/mol. The zero-order chi connectivity index (χ0) is 22.8. The summed E-state index contributed by atoms with van der Waals surface area (Å²) in [4.78, 5) is 24.7. The number of phenols is 1. The van der Waals surface area contributed by atoms with Gasteiger partial charge in [0, 0.05) is 10.7 Å². The highest BCUT2D eigenvalue weighted by atomic mass is 35.5. The molecule has 1 atom stereocenters. The maximum atomic E-state index is 13.2. The van der Waals surface area contributed by atoms with Gasteiger partial charge in [0.25, 0.3) is 0 Å². The van der Waals surface area contributed by atoms with Crippen LogP contribution < -0.4 is 15.4 Å². The van der Waals surface area contributed by atoms with E-state index in [2.05, 4.69) is 10.6 Å². The van der Waals surface area contributed by atoms with Crippen LogP contribution in [0.3, 0.4) is 0 Å². The van der Waals surface area contributed by atoms with Crippen LogP contribution in [0.25, 0.3) is 0 Å². The number of benzene rings is 2. The van der Waals surface area contributed by atoms with E-state index >= 15 is 0 Å². The minimum absolute atomic E-state index is 0.0107. The molecule has 2 amide bonds. The number of methoxy groups -OCH3 is 2. The predicted molar refractivity (Wildman–Crippen MR) is 112 cm³/mol. The second kappa shape index (κ2) is 8.86. The molecule has 0 aromatic heterocycles. The van der Waals surface area contributed by atoms with E-state index < -0.39 is 33.6 Å². The van der Waals surface area contributed by atoms with Gasteiger partial charge in [0.2, 0.25) is 0 Å². The van der Waals surface area contributed by atoms with Gasteiger partial charge in [-0.05, 0) is 35.9 Å². The third-order valence-electron chi connectivity index (χ3n) is 4.58. The minimum atomic E-state index is -4.09. The van der Waals surface area contributed by atoms with Crippen molar-refractivity contribution in [1.82, 2.24) is 10.6 Å². The van der Waals surface area contributed by atoms with Gasteiger partial charge in [0.15, 0.2) is 9.84 Å². The molecule has 1 aliphatic rings. The summed E-state index contributed by atoms with van der Waals surface area (Å²) in [6.07, 6.45) is 0. The Balaban J connectivity index is 2.13. The molecule has 0 fully saturated rings. The van der Waals surface area contributed by atoms with Crippen molar-refractivity contribution in [3.8, 4) is 11.5 Å². The molecule has 31 heavy (non-hydrogen) atoms. The van der Waals surface area contributed by atoms with Crippen LogP contribution in [0.2, 0.25) is 5.02 Å². The third kappa shape index (κ3) is 4.75. The molecule has 1 heterocycles. The summed E-state index contributed by atoms with van der Waals surface area (Å²) in [7, 11) is -1.63. The average Bonchev–Trinajstić information content (AvgIpc) is 2.73. The number of aromatic hydroxyl groups is 1. The molecule has 0 saturated carbocycles. The smallest absolute Gasteiger partial charge is 0.338 e. The summed E-state index contributed by atoms with van der Waals surface area (Å²) in [5.41, 5.74) is 0.219. The van der Waals surface area contributed by atoms with Crippen LogP contribution >= 0.6 is 11.6 Å². The van der Waals surface area contributed by atoms with Crippen molar-refractivity contribution in [1.29, 1.82) is 0 Å². The Hall–Kier alpha value is -3.24. The van der Waals surface area contributed by atoms with Gasteiger partial charge in [0.05, 0.1) is 31.6 Å². The van der Waals surface area contributed by atoms with Gasteiger partial charge >= 0.3 is 12.0 Å². The maximum Gasteiger partial charge on any atom is 0.338 e. The van der Waals surface area contributed by atoms with Gasteiger partial charge in [-0.2, -0.15) is 0 Å². The summed E-state index contributed by atoms with van der Waals surface area (Å²) in [5, 5.41) is 14.7. The van der Waals surface area contributed by atoms with Crippen molar-refractivity contribution >= 4 is 33.4 Å². The van der Waals surface area contributed by atoms with Crippen LogP contribution in [0.5, 0.6) is 11.5 Å². The summed E-state index contributed by atoms with van der Waals surface area (Å²) in [5.74, 6) is -1.48. The number of amides is 2. The fourth-order valence-electron chi connectivity index (χ4n) is 3.16. The molecule has 0 radical (unpaired) electrons. The van der Waals surface area contributed by atoms with Crippen molar-refractivity contribution in [2.45, 2.75) is 10.9 Å². The molecule has 3 N–H and O–H groups in total. The third-order valence-corrected chi connectivity index (χ3v) is 6.47. The Morgan fingerprint density at radius 3 is 2.45 bits per heavy atom. The lowest BCUT2D eigenvalue weighted by molar-refractivity contribution is -0.136. The number of ether oxygens (including phenoxy) is 2. The number of hydrogen-bond acceptors (Lipinski definition) is 7. The molecule has 2 aromatic carbocycles. The molecule has 9 nitrogen and oxygen atoms in total. The first-order valence-electron chi connectivity index (χ1n) is 8.90. The average molecular weight is 467 g/mol. The molecule has 1 aliphatic heterocycles. The highest BCUT2D eigenvalue weighted by Crippen LogP contribution is 2.32. The van der Waals surface area contributed by atoms with Gasteiger partial charge in [-0.25, -0.2) is 18.0 Å². The van der Waals surface area contributed by atoms with Crippen molar-refractivity contribution in [2.24, 2.45) is 0 Å². The first-order valence-corrected chi connectivity index (χ1v) is 10.9. The van der Waals surface area contributed by atoms with E-state index in [1.54, 1.807) is 0 Å². The van der Waals surface area contributed by atoms with E-state index in [1.165, 1.54) is 49.6 Å². The largest absolute Gasteiger partial charge is 0.508 e. The molecule has 11 heteroatoms. The molecular weight excluding hydrogens is 448 g/mol. The standard InChI is InChI=1S/C20H19ClN2O7S/c1-29-15-8-5-12(21)9-16(15)31(27,28)10-14-17(19(25)30-2)18(23-20(26)22-14)11-3-6-13(24)7-4-11/h3-9,18,24H,10H2,1-2H3,(H2,22,23,26)/t18-/m1/s1. The maximum absolute atomic E-state index is 13.2. The number of halogens is 1. The fourth-order valence-corrected chi connectivity index (χ4v) is 4.93. The normalized spacial score (nSPS) is 16.4. The molecule has 0 bridgehead atoms. The number of carbonyl (C=O) groups excluding carboxylic acids is 2. The Kier molecular flexibility index (Phi) is 6.42. The Morgan fingerprint density at radius 1 is 1.16 bits per heavy atom. The molecule has 0 aliphatic carbocycles. The molecule has 0 spiro atoms. The van der Waals surface area contributed by atoms with E-state index in [1.807, 2.05) is 0 Å². The number of urea groups is 1. The van der Waals surface area contributed by atoms with Crippen LogP contribution in [-0.4, -0.2) is 45.5 Å². The molecule has 3 rings (SSSR count). The highest BCUT2D eigenvalue weighted by molar-refractivity contribution is 7.91. The lowest BCUT2D eigenvalue weighted by Crippen LogP contribution is -2.47. The first-order chi connectivity index (χ1) is 14.7. The fraction of sp³-hybridized carbons (Fsp3) is 0.200. The number of carbonyl (C=O) groups is 2. The Bertz CT molecular complexity index is 1160. The summed E-state index contributed by atoms with van der Waals surface area (Å²) >= 11 is 5.96. The van der Waals surface area contributed by atoms with Crippen LogP contribution in [0.15, 0.2) is 58.6 Å². The van der Waals surface area contributed by atoms with E-state index in [-0.39, 0.29) is 32.7 Å². The zero-order valence-electron chi connectivity index (χ0n) is 16.5. The van der Waals surface area contributed by atoms with E-state index in [0.29, 0.717) is 5.56 Å². The Morgan fingerprint density at radius 2 is 1.84 bits per heavy atom. The lowest BCUT2D eigenvalue weighted by Gasteiger charge is -2.29. The number of sulfone groups is 1. The quantitative estimate of drug-likeness (QED) is 0.556. The molecule has 2 aromatic rings. The van der Waals surface area contributed by atoms with Gasteiger partial charge < -0.3 is 25.2 Å². The lowest BCUT2D eigenvalue weighted by atomic mass is 9.95. The van der Waals surface area contributed by atoms with Gasteiger partial charge in [-0.3, -0.25) is 0 Å². The van der Waals surface area contributed by atoms with Crippen molar-refractivity contribution < 1.29 is 32.6 Å². The van der Waals surface area contributed by atoms with Crippen LogP contribution in [0, 0.1) is 0 Å². The second-order valence-corrected chi connectivity index (χ2v) is 8.96. The topological polar surface area (TPSA) is 131 Å². The van der Waals surface area contributed by atoms with Gasteiger partial charge in [-0.1, -0.05) is 23.7 Å². The van der Waals surface area contributed by atoms with E-state index in [9.17, 15) is 23.1 Å². The van der Waals surface area contributed by atoms with Crippen LogP contribution in [-0.2, 0) is 19.4 Å². The minimum Gasteiger partial charge on any atom is -0.508 e. The molecule has 0 saturated heterocycles. The number of phenolic OH excluding ortho intramolecular Hbond substituents is 1. The number of nitrogens with one attached hydrogen (secondary N) is 2. The SMILES string of the molecule is COC(=O)C1=C(CS(=O)(=O)c2cc(Cl)ccc2OC)NC(=O)N[C@@H]1c1ccc(O)cc1. The van der Waals surface area contributed by atoms with Gasteiger partial charge in [0.1, 0.15) is 16.4 Å². The summed E-state index contributed by atoms with van der Waals surface area (Å²) in [6, 6.07) is 8.19. The van der Waals surface area contributed by atoms with Crippen LogP contribution in [0.1, 0.15) is 11.6 Å². The molecular formula is C20H19ClN2O7S. The van der Waals surface area contributed by atoms with E-state index in [4.69, 9.17) is 21.1 Å². The van der Waals surface area contributed by atoms with Crippen molar-refractivity contribution in [3.63, 3.8) is 0 Å². The molecule has 0 unspecified atom stereocenters. The summed E-state index contributed by atoms with van der Waals surface area (Å²) < 4.78 is 36.3. The second-order valence-electron chi connectivity index (χ2n) is 6.56. The Labute approximate surface area is 183 Å². The number of rotatable bonds is 6. The van der Waals surface area contributed by atoms with Crippen molar-refractivity contribution in [3.05, 3.63) is 64.3 Å². The predicted octanol–water partition coefficient (Wildman–Crippen LogP) is 2.31. The number of hydrogen-bond donors (Lipinski definition) is 3. The van der Waals surface area contributed by atoms with Crippen molar-refractivity contribution in [2.75, 3.05) is 20.0 Å². The number of esters is 1. The van der Waals surface area contributed by atoms with Crippen LogP contribution in [0.4, 0.5) is 4.79 Å².